The number of carboxylic acids is 1. The number of pyridine rings is 1. The van der Waals surface area contributed by atoms with Crippen molar-refractivity contribution in [3.63, 3.8) is 0 Å². The van der Waals surface area contributed by atoms with Crippen molar-refractivity contribution in [2.24, 2.45) is 17.8 Å². The largest absolute Gasteiger partial charge is 0.477 e. The summed E-state index contributed by atoms with van der Waals surface area (Å²) in [5.41, 5.74) is 0.547. The fraction of sp³-hybridized carbons (Fsp3) is 0.462. The molecule has 3 rings (SSSR count). The van der Waals surface area contributed by atoms with Gasteiger partial charge in [0, 0.05) is 5.92 Å². The van der Waals surface area contributed by atoms with Crippen molar-refractivity contribution in [3.05, 3.63) is 24.0 Å². The van der Waals surface area contributed by atoms with E-state index in [1.807, 2.05) is 0 Å². The minimum atomic E-state index is -1.07. The maximum Gasteiger partial charge on any atom is 0.354 e. The van der Waals surface area contributed by atoms with Crippen LogP contribution in [0.25, 0.3) is 0 Å². The summed E-state index contributed by atoms with van der Waals surface area (Å²) in [6.45, 7) is 0. The number of carboxylic acid groups (broad SMARTS) is 1. The molecule has 2 atom stereocenters. The zero-order valence-corrected chi connectivity index (χ0v) is 9.80. The lowest BCUT2D eigenvalue weighted by molar-refractivity contribution is -0.118. The van der Waals surface area contributed by atoms with Gasteiger partial charge >= 0.3 is 5.97 Å². The highest BCUT2D eigenvalue weighted by Gasteiger charge is 2.56. The fourth-order valence-electron chi connectivity index (χ4n) is 3.03. The molecule has 1 aromatic rings. The summed E-state index contributed by atoms with van der Waals surface area (Å²) in [5, 5.41) is 11.5. The molecule has 2 aliphatic rings. The Morgan fingerprint density at radius 2 is 2.00 bits per heavy atom. The van der Waals surface area contributed by atoms with Gasteiger partial charge in [-0.05, 0) is 36.8 Å². The molecule has 5 nitrogen and oxygen atoms in total. The molecule has 1 amide bonds. The molecule has 2 N–H and O–H groups in total. The molecule has 0 saturated heterocycles. The van der Waals surface area contributed by atoms with E-state index in [-0.39, 0.29) is 17.5 Å². The van der Waals surface area contributed by atoms with Crippen LogP contribution in [0.3, 0.4) is 0 Å². The third kappa shape index (κ3) is 1.85. The number of carbonyl (C=O) groups excluding carboxylic acids is 1. The normalized spacial score (nSPS) is 28.6. The first-order chi connectivity index (χ1) is 8.66. The van der Waals surface area contributed by atoms with E-state index in [1.54, 1.807) is 6.07 Å². The van der Waals surface area contributed by atoms with Gasteiger partial charge in [0.2, 0.25) is 5.91 Å². The van der Waals surface area contributed by atoms with Crippen molar-refractivity contribution in [1.82, 2.24) is 4.98 Å². The molecule has 2 unspecified atom stereocenters. The van der Waals surface area contributed by atoms with Gasteiger partial charge < -0.3 is 10.4 Å². The SMILES string of the molecule is O=C(O)c1ccc(NC(=O)C2C3CCCC32)cn1. The van der Waals surface area contributed by atoms with Crippen LogP contribution in [0.4, 0.5) is 5.69 Å². The lowest BCUT2D eigenvalue weighted by atomic mass is 10.1. The van der Waals surface area contributed by atoms with Crippen LogP contribution in [-0.2, 0) is 4.79 Å². The van der Waals surface area contributed by atoms with E-state index in [0.717, 1.165) is 0 Å². The van der Waals surface area contributed by atoms with Crippen LogP contribution in [0.1, 0.15) is 29.8 Å². The monoisotopic (exact) mass is 246 g/mol. The second-order valence-corrected chi connectivity index (χ2v) is 5.01. The Morgan fingerprint density at radius 3 is 2.56 bits per heavy atom. The van der Waals surface area contributed by atoms with Gasteiger partial charge in [0.1, 0.15) is 5.69 Å². The van der Waals surface area contributed by atoms with E-state index in [2.05, 4.69) is 10.3 Å². The first-order valence-electron chi connectivity index (χ1n) is 6.17. The summed E-state index contributed by atoms with van der Waals surface area (Å²) in [5.74, 6) is 0.310. The number of carbonyl (C=O) groups is 2. The predicted octanol–water partition coefficient (Wildman–Crippen LogP) is 1.76. The van der Waals surface area contributed by atoms with Gasteiger partial charge in [-0.1, -0.05) is 6.42 Å². The Morgan fingerprint density at radius 1 is 1.28 bits per heavy atom. The number of anilines is 1. The van der Waals surface area contributed by atoms with E-state index in [1.165, 1.54) is 31.5 Å². The average molecular weight is 246 g/mol. The number of aromatic carboxylic acids is 1. The van der Waals surface area contributed by atoms with E-state index in [9.17, 15) is 9.59 Å². The van der Waals surface area contributed by atoms with Crippen molar-refractivity contribution < 1.29 is 14.7 Å². The van der Waals surface area contributed by atoms with Gasteiger partial charge in [-0.3, -0.25) is 4.79 Å². The topological polar surface area (TPSA) is 79.3 Å². The third-order valence-electron chi connectivity index (χ3n) is 3.96. The van der Waals surface area contributed by atoms with E-state index >= 15 is 0 Å². The van der Waals surface area contributed by atoms with Crippen LogP contribution in [0.15, 0.2) is 18.3 Å². The smallest absolute Gasteiger partial charge is 0.354 e. The van der Waals surface area contributed by atoms with Gasteiger partial charge in [0.05, 0.1) is 11.9 Å². The first-order valence-corrected chi connectivity index (χ1v) is 6.17. The van der Waals surface area contributed by atoms with E-state index < -0.39 is 5.97 Å². The molecule has 1 aromatic heterocycles. The van der Waals surface area contributed by atoms with Gasteiger partial charge in [0.15, 0.2) is 0 Å². The summed E-state index contributed by atoms with van der Waals surface area (Å²) in [6.07, 6.45) is 4.96. The van der Waals surface area contributed by atoms with Crippen LogP contribution < -0.4 is 5.32 Å². The summed E-state index contributed by atoms with van der Waals surface area (Å²) < 4.78 is 0. The molecule has 2 saturated carbocycles. The Bertz CT molecular complexity index is 487. The molecule has 0 aromatic carbocycles. The van der Waals surface area contributed by atoms with Gasteiger partial charge in [0.25, 0.3) is 0 Å². The predicted molar refractivity (Wildman–Crippen MR) is 64.1 cm³/mol. The van der Waals surface area contributed by atoms with Crippen LogP contribution in [-0.4, -0.2) is 22.0 Å². The summed E-state index contributed by atoms with van der Waals surface area (Å²) in [6, 6.07) is 2.97. The quantitative estimate of drug-likeness (QED) is 0.851. The molecule has 5 heteroatoms. The standard InChI is InChI=1S/C13H14N2O3/c16-12(11-8-2-1-3-9(8)11)15-7-4-5-10(13(17)18)14-6-7/h4-6,8-9,11H,1-3H2,(H,15,16)(H,17,18). The molecule has 0 radical (unpaired) electrons. The average Bonchev–Trinajstić information content (AvgIpc) is 2.84. The fourth-order valence-corrected chi connectivity index (χ4v) is 3.03. The summed E-state index contributed by atoms with van der Waals surface area (Å²) in [4.78, 5) is 26.4. The highest BCUT2D eigenvalue weighted by atomic mass is 16.4. The Balaban J connectivity index is 1.62. The highest BCUT2D eigenvalue weighted by Crippen LogP contribution is 2.57. The number of hydrogen-bond acceptors (Lipinski definition) is 3. The number of hydrogen-bond donors (Lipinski definition) is 2. The number of nitrogens with one attached hydrogen (secondary N) is 1. The molecular formula is C13H14N2O3. The second-order valence-electron chi connectivity index (χ2n) is 5.01. The zero-order valence-electron chi connectivity index (χ0n) is 9.80. The second kappa shape index (κ2) is 4.08. The lowest BCUT2D eigenvalue weighted by Gasteiger charge is -2.06. The van der Waals surface area contributed by atoms with E-state index in [4.69, 9.17) is 5.11 Å². The highest BCUT2D eigenvalue weighted by molar-refractivity contribution is 5.95. The molecular weight excluding hydrogens is 232 g/mol. The molecule has 18 heavy (non-hydrogen) atoms. The third-order valence-corrected chi connectivity index (χ3v) is 3.96. The van der Waals surface area contributed by atoms with Crippen LogP contribution in [0.2, 0.25) is 0 Å². The molecule has 0 bridgehead atoms. The number of rotatable bonds is 3. The van der Waals surface area contributed by atoms with Gasteiger partial charge in [-0.2, -0.15) is 0 Å². The first kappa shape index (κ1) is 11.2. The van der Waals surface area contributed by atoms with Crippen molar-refractivity contribution in [2.75, 3.05) is 5.32 Å². The lowest BCUT2D eigenvalue weighted by Crippen LogP contribution is -2.16. The number of nitrogens with zero attached hydrogens (tertiary/aromatic N) is 1. The van der Waals surface area contributed by atoms with E-state index in [0.29, 0.717) is 17.5 Å². The molecule has 2 aliphatic carbocycles. The minimum Gasteiger partial charge on any atom is -0.477 e. The molecule has 2 fully saturated rings. The molecule has 0 spiro atoms. The van der Waals surface area contributed by atoms with Crippen molar-refractivity contribution in [2.45, 2.75) is 19.3 Å². The Kier molecular flexibility index (Phi) is 2.54. The molecule has 1 heterocycles. The van der Waals surface area contributed by atoms with Crippen LogP contribution in [0.5, 0.6) is 0 Å². The maximum atomic E-state index is 12.0. The minimum absolute atomic E-state index is 0.0173. The summed E-state index contributed by atoms with van der Waals surface area (Å²) in [7, 11) is 0. The van der Waals surface area contributed by atoms with Crippen molar-refractivity contribution in [1.29, 1.82) is 0 Å². The number of fused-ring (bicyclic) bond motifs is 1. The van der Waals surface area contributed by atoms with Crippen molar-refractivity contribution in [3.8, 4) is 0 Å². The molecule has 94 valence electrons. The van der Waals surface area contributed by atoms with Crippen LogP contribution in [0, 0.1) is 17.8 Å². The van der Waals surface area contributed by atoms with Gasteiger partial charge in [-0.15, -0.1) is 0 Å². The Hall–Kier alpha value is -1.91. The molecule has 0 aliphatic heterocycles. The summed E-state index contributed by atoms with van der Waals surface area (Å²) >= 11 is 0. The van der Waals surface area contributed by atoms with Gasteiger partial charge in [-0.25, -0.2) is 9.78 Å². The maximum absolute atomic E-state index is 12.0. The zero-order chi connectivity index (χ0) is 12.7. The number of amides is 1. The number of aromatic nitrogens is 1. The Labute approximate surface area is 104 Å². The van der Waals surface area contributed by atoms with Crippen molar-refractivity contribution >= 4 is 17.6 Å². The van der Waals surface area contributed by atoms with Crippen LogP contribution >= 0.6 is 0 Å².